The van der Waals surface area contributed by atoms with Gasteiger partial charge in [-0.25, -0.2) is 0 Å². The minimum Gasteiger partial charge on any atom is -0.379 e. The van der Waals surface area contributed by atoms with Crippen LogP contribution in [0.3, 0.4) is 0 Å². The zero-order valence-corrected chi connectivity index (χ0v) is 17.4. The predicted molar refractivity (Wildman–Crippen MR) is 104 cm³/mol. The van der Waals surface area contributed by atoms with Crippen LogP contribution in [0.5, 0.6) is 0 Å². The van der Waals surface area contributed by atoms with Crippen LogP contribution in [0.15, 0.2) is 0 Å². The highest BCUT2D eigenvalue weighted by Crippen LogP contribution is 2.93. The van der Waals surface area contributed by atoms with Gasteiger partial charge in [-0.2, -0.15) is 0 Å². The van der Waals surface area contributed by atoms with Gasteiger partial charge < -0.3 is 29.0 Å². The molecule has 2 spiro atoms. The lowest BCUT2D eigenvalue weighted by molar-refractivity contribution is -0.0982. The molecule has 1 N–H and O–H groups in total. The van der Waals surface area contributed by atoms with Crippen LogP contribution in [0.25, 0.3) is 0 Å². The van der Waals surface area contributed by atoms with Crippen LogP contribution >= 0.6 is 0 Å². The molecular formula is C23H35NO5. The molecule has 3 heterocycles. The van der Waals surface area contributed by atoms with Gasteiger partial charge in [-0.15, -0.1) is 0 Å². The summed E-state index contributed by atoms with van der Waals surface area (Å²) in [6.07, 6.45) is 3.70. The summed E-state index contributed by atoms with van der Waals surface area (Å²) in [6.45, 7) is 7.56. The van der Waals surface area contributed by atoms with E-state index in [1.54, 1.807) is 0 Å². The summed E-state index contributed by atoms with van der Waals surface area (Å²) >= 11 is 0. The standard InChI is InChI=1S/C23H35NO5/c1-5-25-9-11-27-7-3-24-4-8-28-12-10-26-6-2-23-19-15-13-14-16-17(15)21(23)20(16)22(1,29-23)18(14)19/h14-21,24H,1-13H2. The lowest BCUT2D eigenvalue weighted by Crippen LogP contribution is -2.52. The van der Waals surface area contributed by atoms with Gasteiger partial charge in [0.05, 0.1) is 50.8 Å². The second-order valence-electron chi connectivity index (χ2n) is 10.5. The smallest absolute Gasteiger partial charge is 0.0781 e. The maximum atomic E-state index is 7.19. The number of ether oxygens (including phenoxy) is 5. The average Bonchev–Trinajstić information content (AvgIpc) is 3.36. The Morgan fingerprint density at radius 3 is 1.55 bits per heavy atom. The van der Waals surface area contributed by atoms with E-state index in [2.05, 4.69) is 5.32 Å². The molecule has 6 heteroatoms. The highest BCUT2D eigenvalue weighted by molar-refractivity contribution is 5.43. The summed E-state index contributed by atoms with van der Waals surface area (Å²) in [4.78, 5) is 0. The van der Waals surface area contributed by atoms with E-state index in [4.69, 9.17) is 23.7 Å². The third-order valence-electron chi connectivity index (χ3n) is 10.0. The van der Waals surface area contributed by atoms with Crippen molar-refractivity contribution in [3.63, 3.8) is 0 Å². The van der Waals surface area contributed by atoms with Gasteiger partial charge in [0, 0.05) is 39.1 Å². The fourth-order valence-electron chi connectivity index (χ4n) is 9.80. The molecule has 8 aliphatic rings. The van der Waals surface area contributed by atoms with E-state index in [9.17, 15) is 0 Å². The molecule has 162 valence electrons. The summed E-state index contributed by atoms with van der Waals surface area (Å²) in [7, 11) is 0. The second kappa shape index (κ2) is 6.63. The van der Waals surface area contributed by atoms with Crippen LogP contribution in [0.2, 0.25) is 0 Å². The highest BCUT2D eigenvalue weighted by Gasteiger charge is 2.96. The Kier molecular flexibility index (Phi) is 4.19. The van der Waals surface area contributed by atoms with Crippen molar-refractivity contribution in [2.75, 3.05) is 65.9 Å². The Morgan fingerprint density at radius 2 is 1.03 bits per heavy atom. The van der Waals surface area contributed by atoms with Gasteiger partial charge in [-0.3, -0.25) is 0 Å². The van der Waals surface area contributed by atoms with Crippen LogP contribution in [0, 0.1) is 47.3 Å². The molecule has 0 radical (unpaired) electrons. The molecule has 6 nitrogen and oxygen atoms in total. The van der Waals surface area contributed by atoms with Crippen LogP contribution in [-0.2, 0) is 23.7 Å². The Bertz CT molecular complexity index is 605. The van der Waals surface area contributed by atoms with E-state index in [0.717, 1.165) is 99.7 Å². The van der Waals surface area contributed by atoms with Crippen LogP contribution in [-0.4, -0.2) is 77.1 Å². The molecule has 0 aromatic rings. The Labute approximate surface area is 173 Å². The zero-order valence-electron chi connectivity index (χ0n) is 17.4. The average molecular weight is 406 g/mol. The molecule has 4 bridgehead atoms. The van der Waals surface area contributed by atoms with Gasteiger partial charge in [0.15, 0.2) is 0 Å². The number of nitrogens with one attached hydrogen (secondary N) is 1. The van der Waals surface area contributed by atoms with E-state index in [1.807, 2.05) is 0 Å². The van der Waals surface area contributed by atoms with Crippen molar-refractivity contribution in [2.24, 2.45) is 47.3 Å². The summed E-state index contributed by atoms with van der Waals surface area (Å²) in [5, 5.41) is 3.34. The number of hydrogen-bond acceptors (Lipinski definition) is 6. The summed E-state index contributed by atoms with van der Waals surface area (Å²) in [5.74, 6) is 7.20. The molecule has 8 fully saturated rings. The molecule has 3 aliphatic heterocycles. The molecule has 5 saturated carbocycles. The van der Waals surface area contributed by atoms with Crippen molar-refractivity contribution in [1.29, 1.82) is 0 Å². The maximum Gasteiger partial charge on any atom is 0.0781 e. The molecule has 0 aromatic carbocycles. The molecule has 10 unspecified atom stereocenters. The van der Waals surface area contributed by atoms with Gasteiger partial charge in [-0.1, -0.05) is 0 Å². The Balaban J connectivity index is 1.07. The van der Waals surface area contributed by atoms with Crippen molar-refractivity contribution >= 4 is 0 Å². The summed E-state index contributed by atoms with van der Waals surface area (Å²) < 4.78 is 30.6. The molecule has 5 aliphatic carbocycles. The van der Waals surface area contributed by atoms with Crippen molar-refractivity contribution < 1.29 is 23.7 Å². The van der Waals surface area contributed by atoms with Crippen LogP contribution in [0.1, 0.15) is 19.3 Å². The molecule has 0 amide bonds. The molecule has 8 rings (SSSR count). The number of rotatable bonds is 0. The molecule has 29 heavy (non-hydrogen) atoms. The van der Waals surface area contributed by atoms with E-state index in [1.165, 1.54) is 6.42 Å². The monoisotopic (exact) mass is 405 g/mol. The van der Waals surface area contributed by atoms with E-state index in [-0.39, 0.29) is 11.2 Å². The molecule has 3 saturated heterocycles. The van der Waals surface area contributed by atoms with Gasteiger partial charge in [-0.05, 0) is 53.8 Å². The van der Waals surface area contributed by atoms with Crippen molar-refractivity contribution in [1.82, 2.24) is 5.32 Å². The molecule has 0 aromatic heterocycles. The SMILES string of the molecule is C1COCCOCCC23OC4(CCOCCOCCN1)C1C5CC(C6C5C4C62)C13. The lowest BCUT2D eigenvalue weighted by atomic mass is 9.54. The number of hydrogen-bond donors (Lipinski definition) is 1. The van der Waals surface area contributed by atoms with E-state index < -0.39 is 0 Å². The summed E-state index contributed by atoms with van der Waals surface area (Å²) in [5.41, 5.74) is 0.280. The third-order valence-corrected chi connectivity index (χ3v) is 10.0. The quantitative estimate of drug-likeness (QED) is 0.656. The van der Waals surface area contributed by atoms with E-state index in [0.29, 0.717) is 26.4 Å². The van der Waals surface area contributed by atoms with Gasteiger partial charge in [0.2, 0.25) is 0 Å². The first kappa shape index (κ1) is 18.3. The lowest BCUT2D eigenvalue weighted by Gasteiger charge is -2.48. The Hall–Kier alpha value is -0.240. The predicted octanol–water partition coefficient (Wildman–Crippen LogP) is 1.33. The van der Waals surface area contributed by atoms with Gasteiger partial charge >= 0.3 is 0 Å². The molecule has 10 atom stereocenters. The minimum atomic E-state index is 0.140. The third kappa shape index (κ3) is 2.19. The topological polar surface area (TPSA) is 58.2 Å². The normalized spacial score (nSPS) is 58.8. The maximum absolute atomic E-state index is 7.19. The highest BCUT2D eigenvalue weighted by atomic mass is 16.6. The Morgan fingerprint density at radius 1 is 0.552 bits per heavy atom. The largest absolute Gasteiger partial charge is 0.379 e. The molecular weight excluding hydrogens is 370 g/mol. The van der Waals surface area contributed by atoms with Crippen LogP contribution in [0.4, 0.5) is 0 Å². The first-order valence-electron chi connectivity index (χ1n) is 12.1. The second-order valence-corrected chi connectivity index (χ2v) is 10.5. The van der Waals surface area contributed by atoms with Crippen molar-refractivity contribution in [3.05, 3.63) is 0 Å². The van der Waals surface area contributed by atoms with Crippen LogP contribution < -0.4 is 5.32 Å². The summed E-state index contributed by atoms with van der Waals surface area (Å²) in [6, 6.07) is 0. The zero-order chi connectivity index (χ0) is 19.1. The van der Waals surface area contributed by atoms with Gasteiger partial charge in [0.25, 0.3) is 0 Å². The first-order chi connectivity index (χ1) is 14.4. The fourth-order valence-corrected chi connectivity index (χ4v) is 9.80. The fraction of sp³-hybridized carbons (Fsp3) is 1.00. The van der Waals surface area contributed by atoms with Crippen molar-refractivity contribution in [2.45, 2.75) is 30.5 Å². The first-order valence-corrected chi connectivity index (χ1v) is 12.1. The van der Waals surface area contributed by atoms with Gasteiger partial charge in [0.1, 0.15) is 0 Å². The minimum absolute atomic E-state index is 0.140. The van der Waals surface area contributed by atoms with E-state index >= 15 is 0 Å². The van der Waals surface area contributed by atoms with Crippen molar-refractivity contribution in [3.8, 4) is 0 Å².